The predicted octanol–water partition coefficient (Wildman–Crippen LogP) is 3.88. The molecule has 0 aromatic heterocycles. The summed E-state index contributed by atoms with van der Waals surface area (Å²) in [6.45, 7) is 7.97. The molecule has 0 bridgehead atoms. The largest absolute Gasteiger partial charge is 0.462 e. The maximum Gasteiger partial charge on any atom is 0.338 e. The van der Waals surface area contributed by atoms with Crippen LogP contribution in [0.1, 0.15) is 33.3 Å². The molecule has 142 valence electrons. The van der Waals surface area contributed by atoms with E-state index in [-0.39, 0.29) is 17.1 Å². The standard InChI is InChI=1S/C21H24N2O3S/c1-13(2)12-26-20(25)18-14(3)22-21-23(19(24)15(4)27-21)17(18)11-10-16-8-6-5-7-9-16/h5-11,13,15,17H,12H2,1-4H3. The van der Waals surface area contributed by atoms with E-state index >= 15 is 0 Å². The van der Waals surface area contributed by atoms with Gasteiger partial charge in [-0.15, -0.1) is 0 Å². The summed E-state index contributed by atoms with van der Waals surface area (Å²) in [7, 11) is 0. The molecule has 0 N–H and O–H groups in total. The van der Waals surface area contributed by atoms with Gasteiger partial charge >= 0.3 is 5.97 Å². The number of nitrogens with zero attached hydrogens (tertiary/aromatic N) is 2. The van der Waals surface area contributed by atoms with Crippen LogP contribution in [0.5, 0.6) is 0 Å². The Morgan fingerprint density at radius 2 is 2.04 bits per heavy atom. The van der Waals surface area contributed by atoms with Crippen LogP contribution in [0.3, 0.4) is 0 Å². The fourth-order valence-corrected chi connectivity index (χ4v) is 4.01. The van der Waals surface area contributed by atoms with Gasteiger partial charge in [-0.25, -0.2) is 9.79 Å². The quantitative estimate of drug-likeness (QED) is 0.723. The monoisotopic (exact) mass is 384 g/mol. The average molecular weight is 385 g/mol. The van der Waals surface area contributed by atoms with Crippen LogP contribution in [0.15, 0.2) is 52.7 Å². The van der Waals surface area contributed by atoms with Gasteiger partial charge in [0.15, 0.2) is 5.17 Å². The zero-order valence-corrected chi connectivity index (χ0v) is 16.8. The molecule has 0 radical (unpaired) electrons. The van der Waals surface area contributed by atoms with E-state index < -0.39 is 12.0 Å². The van der Waals surface area contributed by atoms with Crippen molar-refractivity contribution in [3.63, 3.8) is 0 Å². The van der Waals surface area contributed by atoms with E-state index in [2.05, 4.69) is 4.99 Å². The highest BCUT2D eigenvalue weighted by Gasteiger charge is 2.44. The fraction of sp³-hybridized carbons (Fsp3) is 0.381. The van der Waals surface area contributed by atoms with E-state index in [1.165, 1.54) is 11.8 Å². The smallest absolute Gasteiger partial charge is 0.338 e. The Morgan fingerprint density at radius 1 is 1.33 bits per heavy atom. The maximum atomic E-state index is 12.8. The van der Waals surface area contributed by atoms with Crippen molar-refractivity contribution in [1.29, 1.82) is 0 Å². The molecule has 2 unspecified atom stereocenters. The number of aliphatic imine (C=N–C) groups is 1. The van der Waals surface area contributed by atoms with Crippen molar-refractivity contribution in [1.82, 2.24) is 4.90 Å². The molecular weight excluding hydrogens is 360 g/mol. The summed E-state index contributed by atoms with van der Waals surface area (Å²) in [5, 5.41) is 0.434. The van der Waals surface area contributed by atoms with Crippen LogP contribution >= 0.6 is 11.8 Å². The molecular formula is C21H24N2O3S. The second-order valence-electron chi connectivity index (χ2n) is 7.07. The number of rotatable bonds is 5. The number of thioether (sulfide) groups is 1. The number of benzene rings is 1. The van der Waals surface area contributed by atoms with E-state index in [1.807, 2.05) is 63.3 Å². The van der Waals surface area contributed by atoms with Crippen molar-refractivity contribution >= 4 is 34.9 Å². The van der Waals surface area contributed by atoms with E-state index in [9.17, 15) is 9.59 Å². The molecule has 27 heavy (non-hydrogen) atoms. The number of hydrogen-bond acceptors (Lipinski definition) is 5. The highest BCUT2D eigenvalue weighted by molar-refractivity contribution is 8.15. The first kappa shape index (κ1) is 19.4. The lowest BCUT2D eigenvalue weighted by atomic mass is 10.00. The third kappa shape index (κ3) is 4.16. The van der Waals surface area contributed by atoms with Gasteiger partial charge in [0, 0.05) is 0 Å². The highest BCUT2D eigenvalue weighted by atomic mass is 32.2. The van der Waals surface area contributed by atoms with Gasteiger partial charge < -0.3 is 4.74 Å². The zero-order chi connectivity index (χ0) is 19.6. The third-order valence-electron chi connectivity index (χ3n) is 4.34. The second kappa shape index (κ2) is 8.13. The average Bonchev–Trinajstić information content (AvgIpc) is 2.92. The SMILES string of the molecule is CC1=C(C(=O)OCC(C)C)C(C=Cc2ccccc2)N2C(=O)C(C)SC2=N1. The Kier molecular flexibility index (Phi) is 5.85. The molecule has 2 heterocycles. The van der Waals surface area contributed by atoms with E-state index in [0.717, 1.165) is 5.56 Å². The molecule has 0 saturated carbocycles. The molecule has 1 fully saturated rings. The van der Waals surface area contributed by atoms with Crippen molar-refractivity contribution in [3.05, 3.63) is 53.2 Å². The number of allylic oxidation sites excluding steroid dienone is 1. The van der Waals surface area contributed by atoms with Crippen molar-refractivity contribution < 1.29 is 14.3 Å². The van der Waals surface area contributed by atoms with Crippen molar-refractivity contribution in [3.8, 4) is 0 Å². The van der Waals surface area contributed by atoms with E-state index in [0.29, 0.717) is 23.0 Å². The third-order valence-corrected chi connectivity index (χ3v) is 5.39. The highest BCUT2D eigenvalue weighted by Crippen LogP contribution is 2.36. The van der Waals surface area contributed by atoms with Gasteiger partial charge in [-0.05, 0) is 25.3 Å². The summed E-state index contributed by atoms with van der Waals surface area (Å²) in [6.07, 6.45) is 3.81. The van der Waals surface area contributed by atoms with Gasteiger partial charge in [-0.3, -0.25) is 9.69 Å². The van der Waals surface area contributed by atoms with Crippen LogP contribution in [0.25, 0.3) is 6.08 Å². The van der Waals surface area contributed by atoms with Crippen molar-refractivity contribution in [2.24, 2.45) is 10.9 Å². The zero-order valence-electron chi connectivity index (χ0n) is 16.0. The van der Waals surface area contributed by atoms with Gasteiger partial charge in [0.1, 0.15) is 0 Å². The number of esters is 1. The minimum atomic E-state index is -0.512. The number of amides is 1. The van der Waals surface area contributed by atoms with Gasteiger partial charge in [0.05, 0.1) is 29.2 Å². The summed E-state index contributed by atoms with van der Waals surface area (Å²) in [5.41, 5.74) is 2.03. The number of amidine groups is 1. The first-order chi connectivity index (χ1) is 12.9. The Bertz CT molecular complexity index is 827. The Morgan fingerprint density at radius 3 is 2.70 bits per heavy atom. The second-order valence-corrected chi connectivity index (χ2v) is 8.38. The number of fused-ring (bicyclic) bond motifs is 1. The molecule has 2 aliphatic rings. The Hall–Kier alpha value is -2.34. The lowest BCUT2D eigenvalue weighted by Gasteiger charge is -2.30. The molecule has 2 atom stereocenters. The summed E-state index contributed by atoms with van der Waals surface area (Å²) in [4.78, 5) is 31.6. The van der Waals surface area contributed by atoms with E-state index in [1.54, 1.807) is 11.8 Å². The molecule has 2 aliphatic heterocycles. The van der Waals surface area contributed by atoms with Crippen LogP contribution < -0.4 is 0 Å². The molecule has 6 heteroatoms. The molecule has 1 saturated heterocycles. The van der Waals surface area contributed by atoms with Crippen LogP contribution in [0.2, 0.25) is 0 Å². The van der Waals surface area contributed by atoms with Crippen molar-refractivity contribution in [2.45, 2.75) is 39.0 Å². The normalized spacial score (nSPS) is 22.5. The minimum absolute atomic E-state index is 0.0388. The Balaban J connectivity index is 1.97. The molecule has 0 aliphatic carbocycles. The first-order valence-corrected chi connectivity index (χ1v) is 9.96. The molecule has 1 aromatic rings. The lowest BCUT2D eigenvalue weighted by molar-refractivity contribution is -0.140. The fourth-order valence-electron chi connectivity index (χ4n) is 2.98. The van der Waals surface area contributed by atoms with Crippen LogP contribution in [0, 0.1) is 5.92 Å². The van der Waals surface area contributed by atoms with Gasteiger partial charge in [-0.1, -0.05) is 68.1 Å². The first-order valence-electron chi connectivity index (χ1n) is 9.08. The molecule has 3 rings (SSSR count). The van der Waals surface area contributed by atoms with Crippen LogP contribution in [-0.2, 0) is 14.3 Å². The molecule has 5 nitrogen and oxygen atoms in total. The summed E-state index contributed by atoms with van der Waals surface area (Å²) in [5.74, 6) is -0.216. The van der Waals surface area contributed by atoms with Gasteiger partial charge in [0.25, 0.3) is 0 Å². The van der Waals surface area contributed by atoms with Crippen LogP contribution in [0.4, 0.5) is 0 Å². The maximum absolute atomic E-state index is 12.8. The van der Waals surface area contributed by atoms with Crippen molar-refractivity contribution in [2.75, 3.05) is 6.61 Å². The molecule has 1 amide bonds. The number of ether oxygens (including phenoxy) is 1. The van der Waals surface area contributed by atoms with Crippen LogP contribution in [-0.4, -0.2) is 39.8 Å². The molecule has 0 spiro atoms. The number of hydrogen-bond donors (Lipinski definition) is 0. The predicted molar refractivity (Wildman–Crippen MR) is 109 cm³/mol. The van der Waals surface area contributed by atoms with E-state index in [4.69, 9.17) is 4.74 Å². The van der Waals surface area contributed by atoms with Gasteiger partial charge in [0.2, 0.25) is 5.91 Å². The number of carbonyl (C=O) groups excluding carboxylic acids is 2. The summed E-state index contributed by atoms with van der Waals surface area (Å²) in [6, 6.07) is 9.29. The number of carbonyl (C=O) groups is 2. The topological polar surface area (TPSA) is 59.0 Å². The Labute approximate surface area is 164 Å². The minimum Gasteiger partial charge on any atom is -0.462 e. The molecule has 1 aromatic carbocycles. The summed E-state index contributed by atoms with van der Waals surface area (Å²) < 4.78 is 5.46. The lowest BCUT2D eigenvalue weighted by Crippen LogP contribution is -2.45. The summed E-state index contributed by atoms with van der Waals surface area (Å²) >= 11 is 1.42. The van der Waals surface area contributed by atoms with Gasteiger partial charge in [-0.2, -0.15) is 0 Å².